The Morgan fingerprint density at radius 1 is 1.44 bits per heavy atom. The predicted octanol–water partition coefficient (Wildman–Crippen LogP) is 1.95. The third kappa shape index (κ3) is 2.99. The maximum Gasteiger partial charge on any atom is 0.123 e. The summed E-state index contributed by atoms with van der Waals surface area (Å²) in [5, 5.41) is 13.0. The van der Waals surface area contributed by atoms with E-state index in [1.807, 2.05) is 41.2 Å². The van der Waals surface area contributed by atoms with E-state index in [9.17, 15) is 0 Å². The van der Waals surface area contributed by atoms with Crippen molar-refractivity contribution in [3.63, 3.8) is 0 Å². The molecule has 0 amide bonds. The molecule has 0 atom stereocenters. The Labute approximate surface area is 106 Å². The smallest absolute Gasteiger partial charge is 0.123 e. The van der Waals surface area contributed by atoms with E-state index in [1.165, 1.54) is 0 Å². The van der Waals surface area contributed by atoms with Gasteiger partial charge in [-0.15, -0.1) is 0 Å². The van der Waals surface area contributed by atoms with E-state index in [-0.39, 0.29) is 6.61 Å². The second kappa shape index (κ2) is 6.02. The summed E-state index contributed by atoms with van der Waals surface area (Å²) < 4.78 is 7.18. The molecule has 0 spiro atoms. The Morgan fingerprint density at radius 2 is 2.33 bits per heavy atom. The molecule has 18 heavy (non-hydrogen) atoms. The van der Waals surface area contributed by atoms with E-state index in [1.54, 1.807) is 19.4 Å². The number of benzene rings is 1. The summed E-state index contributed by atoms with van der Waals surface area (Å²) in [6, 6.07) is 7.81. The Bertz CT molecular complexity index is 519. The number of hydrogen-bond donors (Lipinski definition) is 1. The molecule has 0 bridgehead atoms. The number of aliphatic hydroxyl groups excluding tert-OH is 1. The van der Waals surface area contributed by atoms with Crippen molar-refractivity contribution in [3.05, 3.63) is 53.9 Å². The molecule has 1 heterocycles. The molecular formula is C14H16N2O2. The molecule has 1 aromatic heterocycles. The first kappa shape index (κ1) is 12.4. The summed E-state index contributed by atoms with van der Waals surface area (Å²) in [6.45, 7) is 0.706. The highest BCUT2D eigenvalue weighted by Gasteiger charge is 2.04. The van der Waals surface area contributed by atoms with Crippen molar-refractivity contribution in [1.82, 2.24) is 9.78 Å². The Morgan fingerprint density at radius 3 is 3.00 bits per heavy atom. The third-order valence-corrected chi connectivity index (χ3v) is 2.61. The van der Waals surface area contributed by atoms with E-state index in [0.29, 0.717) is 6.54 Å². The average Bonchev–Trinajstić information content (AvgIpc) is 2.89. The van der Waals surface area contributed by atoms with Gasteiger partial charge in [-0.1, -0.05) is 18.2 Å². The quantitative estimate of drug-likeness (QED) is 0.874. The van der Waals surface area contributed by atoms with Gasteiger partial charge in [-0.3, -0.25) is 4.68 Å². The third-order valence-electron chi connectivity index (χ3n) is 2.61. The lowest BCUT2D eigenvalue weighted by Gasteiger charge is -2.09. The molecular weight excluding hydrogens is 228 g/mol. The molecule has 0 radical (unpaired) electrons. The number of methoxy groups -OCH3 is 1. The summed E-state index contributed by atoms with van der Waals surface area (Å²) >= 11 is 0. The molecule has 94 valence electrons. The summed E-state index contributed by atoms with van der Waals surface area (Å²) in [6.07, 6.45) is 7.25. The maximum atomic E-state index is 8.78. The lowest BCUT2D eigenvalue weighted by Crippen LogP contribution is -2.02. The molecule has 0 saturated carbocycles. The largest absolute Gasteiger partial charge is 0.496 e. The molecule has 0 aliphatic rings. The van der Waals surface area contributed by atoms with Crippen LogP contribution in [0.2, 0.25) is 0 Å². The molecule has 0 fully saturated rings. The average molecular weight is 244 g/mol. The van der Waals surface area contributed by atoms with Gasteiger partial charge in [-0.05, 0) is 23.8 Å². The van der Waals surface area contributed by atoms with E-state index in [4.69, 9.17) is 9.84 Å². The van der Waals surface area contributed by atoms with Crippen molar-refractivity contribution in [2.45, 2.75) is 6.54 Å². The van der Waals surface area contributed by atoms with Crippen LogP contribution < -0.4 is 4.74 Å². The van der Waals surface area contributed by atoms with Crippen LogP contribution >= 0.6 is 0 Å². The second-order valence-electron chi connectivity index (χ2n) is 3.86. The molecule has 1 aromatic carbocycles. The summed E-state index contributed by atoms with van der Waals surface area (Å²) in [4.78, 5) is 0. The van der Waals surface area contributed by atoms with Crippen LogP contribution in [0.1, 0.15) is 11.1 Å². The van der Waals surface area contributed by atoms with Crippen LogP contribution in [0, 0.1) is 0 Å². The Kier molecular flexibility index (Phi) is 4.15. The van der Waals surface area contributed by atoms with Gasteiger partial charge < -0.3 is 9.84 Å². The Hall–Kier alpha value is -2.07. The standard InChI is InChI=1S/C14H16N2O2/c1-18-14-6-5-12(4-2-9-17)10-13(14)11-16-8-3-7-15-16/h2-8,10,17H,9,11H2,1H3. The number of rotatable bonds is 5. The van der Waals surface area contributed by atoms with Crippen LogP contribution in [0.3, 0.4) is 0 Å². The lowest BCUT2D eigenvalue weighted by molar-refractivity contribution is 0.343. The van der Waals surface area contributed by atoms with E-state index >= 15 is 0 Å². The van der Waals surface area contributed by atoms with E-state index in [2.05, 4.69) is 5.10 Å². The van der Waals surface area contributed by atoms with Crippen molar-refractivity contribution in [2.75, 3.05) is 13.7 Å². The van der Waals surface area contributed by atoms with Crippen LogP contribution in [0.25, 0.3) is 6.08 Å². The van der Waals surface area contributed by atoms with Gasteiger partial charge in [-0.25, -0.2) is 0 Å². The van der Waals surface area contributed by atoms with Crippen molar-refractivity contribution >= 4 is 6.08 Å². The van der Waals surface area contributed by atoms with Gasteiger partial charge in [0.1, 0.15) is 5.75 Å². The number of ether oxygens (including phenoxy) is 1. The van der Waals surface area contributed by atoms with Crippen molar-refractivity contribution in [2.24, 2.45) is 0 Å². The van der Waals surface area contributed by atoms with Gasteiger partial charge in [0.15, 0.2) is 0 Å². The van der Waals surface area contributed by atoms with E-state index in [0.717, 1.165) is 16.9 Å². The molecule has 1 N–H and O–H groups in total. The molecule has 4 heteroatoms. The summed E-state index contributed by atoms with van der Waals surface area (Å²) in [5.41, 5.74) is 2.09. The minimum atomic E-state index is 0.0422. The van der Waals surface area contributed by atoms with Crippen LogP contribution in [0.4, 0.5) is 0 Å². The molecule has 4 nitrogen and oxygen atoms in total. The van der Waals surface area contributed by atoms with Crippen LogP contribution in [0.15, 0.2) is 42.7 Å². The second-order valence-corrected chi connectivity index (χ2v) is 3.86. The first-order valence-corrected chi connectivity index (χ1v) is 5.75. The molecule has 0 saturated heterocycles. The van der Waals surface area contributed by atoms with Crippen LogP contribution in [-0.2, 0) is 6.54 Å². The lowest BCUT2D eigenvalue weighted by atomic mass is 10.1. The van der Waals surface area contributed by atoms with Gasteiger partial charge in [-0.2, -0.15) is 5.10 Å². The first-order valence-electron chi connectivity index (χ1n) is 5.75. The SMILES string of the molecule is COc1ccc(C=CCO)cc1Cn1cccn1. The van der Waals surface area contributed by atoms with Crippen LogP contribution in [0.5, 0.6) is 5.75 Å². The molecule has 0 aliphatic carbocycles. The number of nitrogens with zero attached hydrogens (tertiary/aromatic N) is 2. The molecule has 2 aromatic rings. The first-order chi connectivity index (χ1) is 8.83. The molecule has 2 rings (SSSR count). The van der Waals surface area contributed by atoms with Crippen molar-refractivity contribution in [1.29, 1.82) is 0 Å². The van der Waals surface area contributed by atoms with Crippen molar-refractivity contribution in [3.8, 4) is 5.75 Å². The zero-order chi connectivity index (χ0) is 12.8. The highest BCUT2D eigenvalue weighted by Crippen LogP contribution is 2.21. The molecule has 0 aliphatic heterocycles. The highest BCUT2D eigenvalue weighted by atomic mass is 16.5. The zero-order valence-corrected chi connectivity index (χ0v) is 10.3. The number of aliphatic hydroxyl groups is 1. The number of aromatic nitrogens is 2. The minimum Gasteiger partial charge on any atom is -0.496 e. The normalized spacial score (nSPS) is 11.0. The van der Waals surface area contributed by atoms with Crippen LogP contribution in [-0.4, -0.2) is 28.6 Å². The van der Waals surface area contributed by atoms with Gasteiger partial charge in [0.2, 0.25) is 0 Å². The predicted molar refractivity (Wildman–Crippen MR) is 70.4 cm³/mol. The fraction of sp³-hybridized carbons (Fsp3) is 0.214. The summed E-state index contributed by atoms with van der Waals surface area (Å²) in [7, 11) is 1.66. The number of hydrogen-bond acceptors (Lipinski definition) is 3. The maximum absolute atomic E-state index is 8.78. The fourth-order valence-corrected chi connectivity index (χ4v) is 1.78. The molecule has 0 unspecified atom stereocenters. The van der Waals surface area contributed by atoms with Gasteiger partial charge in [0.05, 0.1) is 20.3 Å². The van der Waals surface area contributed by atoms with E-state index < -0.39 is 0 Å². The fourth-order valence-electron chi connectivity index (χ4n) is 1.78. The zero-order valence-electron chi connectivity index (χ0n) is 10.3. The topological polar surface area (TPSA) is 47.3 Å². The monoisotopic (exact) mass is 244 g/mol. The Balaban J connectivity index is 2.27. The summed E-state index contributed by atoms with van der Waals surface area (Å²) in [5.74, 6) is 0.839. The minimum absolute atomic E-state index is 0.0422. The van der Waals surface area contributed by atoms with Crippen molar-refractivity contribution < 1.29 is 9.84 Å². The highest BCUT2D eigenvalue weighted by molar-refractivity contribution is 5.53. The van der Waals surface area contributed by atoms with Gasteiger partial charge in [0, 0.05) is 18.0 Å². The van der Waals surface area contributed by atoms with Gasteiger partial charge >= 0.3 is 0 Å². The van der Waals surface area contributed by atoms with Gasteiger partial charge in [0.25, 0.3) is 0 Å².